The summed E-state index contributed by atoms with van der Waals surface area (Å²) in [6.45, 7) is 1.66. The molecule has 0 aromatic heterocycles. The molecule has 1 aromatic rings. The Balaban J connectivity index is 1.84. The molecule has 3 nitrogen and oxygen atoms in total. The van der Waals surface area contributed by atoms with Crippen molar-refractivity contribution < 1.29 is 14.3 Å². The first-order valence-electron chi connectivity index (χ1n) is 6.85. The third-order valence-corrected chi connectivity index (χ3v) is 4.52. The van der Waals surface area contributed by atoms with Crippen LogP contribution in [-0.2, 0) is 10.2 Å². The minimum absolute atomic E-state index is 0.320. The summed E-state index contributed by atoms with van der Waals surface area (Å²) in [7, 11) is 0. The molecule has 1 aliphatic heterocycles. The van der Waals surface area contributed by atoms with E-state index in [-0.39, 0.29) is 5.82 Å². The standard InChI is InChI=1S/C15H18FNO2/c16-12-3-1-11(2-4-12)15(14(18)19)7-9-17(10-8-15)13-5-6-13/h1-4,13H,5-10H2,(H,18,19). The molecule has 102 valence electrons. The van der Waals surface area contributed by atoms with Gasteiger partial charge in [-0.3, -0.25) is 4.79 Å². The van der Waals surface area contributed by atoms with E-state index in [9.17, 15) is 14.3 Å². The molecule has 0 atom stereocenters. The summed E-state index contributed by atoms with van der Waals surface area (Å²) < 4.78 is 13.0. The number of hydrogen-bond donors (Lipinski definition) is 1. The molecule has 0 amide bonds. The quantitative estimate of drug-likeness (QED) is 0.910. The molecule has 1 aromatic carbocycles. The molecule has 1 N–H and O–H groups in total. The van der Waals surface area contributed by atoms with Crippen molar-refractivity contribution in [3.05, 3.63) is 35.6 Å². The molecule has 2 aliphatic rings. The minimum Gasteiger partial charge on any atom is -0.481 e. The van der Waals surface area contributed by atoms with E-state index in [4.69, 9.17) is 0 Å². The molecule has 3 rings (SSSR count). The highest BCUT2D eigenvalue weighted by atomic mass is 19.1. The highest BCUT2D eigenvalue weighted by molar-refractivity contribution is 5.81. The number of benzene rings is 1. The van der Waals surface area contributed by atoms with Crippen LogP contribution in [0.3, 0.4) is 0 Å². The Hall–Kier alpha value is -1.42. The average Bonchev–Trinajstić information content (AvgIpc) is 3.24. The Labute approximate surface area is 112 Å². The van der Waals surface area contributed by atoms with Crippen LogP contribution >= 0.6 is 0 Å². The van der Waals surface area contributed by atoms with E-state index in [0.717, 1.165) is 18.7 Å². The number of likely N-dealkylation sites (tertiary alicyclic amines) is 1. The van der Waals surface area contributed by atoms with Crippen LogP contribution in [0.4, 0.5) is 4.39 Å². The zero-order valence-electron chi connectivity index (χ0n) is 10.8. The van der Waals surface area contributed by atoms with E-state index in [1.54, 1.807) is 12.1 Å². The zero-order chi connectivity index (χ0) is 13.5. The van der Waals surface area contributed by atoms with Gasteiger partial charge in [0, 0.05) is 6.04 Å². The number of halogens is 1. The van der Waals surface area contributed by atoms with Crippen molar-refractivity contribution in [1.82, 2.24) is 4.90 Å². The fourth-order valence-corrected chi connectivity index (χ4v) is 3.11. The largest absolute Gasteiger partial charge is 0.481 e. The SMILES string of the molecule is O=C(O)C1(c2ccc(F)cc2)CCN(C2CC2)CC1. The van der Waals surface area contributed by atoms with Gasteiger partial charge in [0.2, 0.25) is 0 Å². The number of carboxylic acids is 1. The summed E-state index contributed by atoms with van der Waals surface area (Å²) in [6.07, 6.45) is 3.72. The Bertz CT molecular complexity index is 473. The van der Waals surface area contributed by atoms with Crippen LogP contribution in [-0.4, -0.2) is 35.1 Å². The Morgan fingerprint density at radius 2 is 1.79 bits per heavy atom. The third kappa shape index (κ3) is 2.25. The summed E-state index contributed by atoms with van der Waals surface area (Å²) in [6, 6.07) is 6.63. The smallest absolute Gasteiger partial charge is 0.314 e. The van der Waals surface area contributed by atoms with Gasteiger partial charge in [0.15, 0.2) is 0 Å². The monoisotopic (exact) mass is 263 g/mol. The van der Waals surface area contributed by atoms with Gasteiger partial charge in [0.1, 0.15) is 5.82 Å². The summed E-state index contributed by atoms with van der Waals surface area (Å²) in [5, 5.41) is 9.64. The molecule has 19 heavy (non-hydrogen) atoms. The molecule has 0 bridgehead atoms. The first-order chi connectivity index (χ1) is 9.12. The number of rotatable bonds is 3. The molecule has 2 fully saturated rings. The van der Waals surface area contributed by atoms with Gasteiger partial charge < -0.3 is 10.0 Å². The summed E-state index contributed by atoms with van der Waals surface area (Å²) in [5.41, 5.74) is -0.101. The van der Waals surface area contributed by atoms with Crippen LogP contribution in [0.2, 0.25) is 0 Å². The lowest BCUT2D eigenvalue weighted by atomic mass is 9.73. The fourth-order valence-electron chi connectivity index (χ4n) is 3.11. The number of nitrogens with zero attached hydrogens (tertiary/aromatic N) is 1. The van der Waals surface area contributed by atoms with Gasteiger partial charge >= 0.3 is 5.97 Å². The number of carboxylic acid groups (broad SMARTS) is 1. The number of hydrogen-bond acceptors (Lipinski definition) is 2. The number of aliphatic carboxylic acids is 1. The molecule has 0 spiro atoms. The van der Waals surface area contributed by atoms with Crippen LogP contribution in [0.1, 0.15) is 31.2 Å². The molecular formula is C15H18FNO2. The van der Waals surface area contributed by atoms with E-state index in [2.05, 4.69) is 4.90 Å². The van der Waals surface area contributed by atoms with Gasteiger partial charge in [0.05, 0.1) is 5.41 Å². The lowest BCUT2D eigenvalue weighted by Crippen LogP contribution is -2.47. The maximum atomic E-state index is 13.0. The first-order valence-corrected chi connectivity index (χ1v) is 6.85. The third-order valence-electron chi connectivity index (χ3n) is 4.52. The Morgan fingerprint density at radius 1 is 1.21 bits per heavy atom. The molecule has 4 heteroatoms. The summed E-state index contributed by atoms with van der Waals surface area (Å²) in [4.78, 5) is 14.1. The van der Waals surface area contributed by atoms with Gasteiger partial charge in [-0.15, -0.1) is 0 Å². The van der Waals surface area contributed by atoms with Gasteiger partial charge in [-0.1, -0.05) is 12.1 Å². The highest BCUT2D eigenvalue weighted by Crippen LogP contribution is 2.39. The fraction of sp³-hybridized carbons (Fsp3) is 0.533. The predicted octanol–water partition coefficient (Wildman–Crippen LogP) is 2.41. The zero-order valence-corrected chi connectivity index (χ0v) is 10.8. The molecule has 1 heterocycles. The molecule has 1 aliphatic carbocycles. The van der Waals surface area contributed by atoms with Crippen LogP contribution in [0, 0.1) is 5.82 Å². The van der Waals surface area contributed by atoms with E-state index < -0.39 is 11.4 Å². The van der Waals surface area contributed by atoms with Crippen molar-refractivity contribution in [2.75, 3.05) is 13.1 Å². The topological polar surface area (TPSA) is 40.5 Å². The van der Waals surface area contributed by atoms with Gasteiger partial charge in [-0.2, -0.15) is 0 Å². The number of piperidine rings is 1. The maximum absolute atomic E-state index is 13.0. The van der Waals surface area contributed by atoms with Gasteiger partial charge in [0.25, 0.3) is 0 Å². The molecule has 0 radical (unpaired) electrons. The van der Waals surface area contributed by atoms with Crippen molar-refractivity contribution in [1.29, 1.82) is 0 Å². The maximum Gasteiger partial charge on any atom is 0.314 e. The van der Waals surface area contributed by atoms with Crippen LogP contribution < -0.4 is 0 Å². The molecular weight excluding hydrogens is 245 g/mol. The molecule has 0 unspecified atom stereocenters. The molecule has 1 saturated carbocycles. The van der Waals surface area contributed by atoms with Crippen molar-refractivity contribution in [2.24, 2.45) is 0 Å². The van der Waals surface area contributed by atoms with Crippen molar-refractivity contribution in [2.45, 2.75) is 37.1 Å². The van der Waals surface area contributed by atoms with Gasteiger partial charge in [-0.05, 0) is 56.5 Å². The normalized spacial score (nSPS) is 23.2. The van der Waals surface area contributed by atoms with E-state index in [1.165, 1.54) is 25.0 Å². The van der Waals surface area contributed by atoms with E-state index in [1.807, 2.05) is 0 Å². The predicted molar refractivity (Wildman–Crippen MR) is 69.5 cm³/mol. The second kappa shape index (κ2) is 4.60. The van der Waals surface area contributed by atoms with Crippen LogP contribution in [0.5, 0.6) is 0 Å². The summed E-state index contributed by atoms with van der Waals surface area (Å²) in [5.74, 6) is -1.10. The van der Waals surface area contributed by atoms with Crippen LogP contribution in [0.15, 0.2) is 24.3 Å². The molecule has 1 saturated heterocycles. The van der Waals surface area contributed by atoms with Gasteiger partial charge in [-0.25, -0.2) is 4.39 Å². The van der Waals surface area contributed by atoms with E-state index in [0.29, 0.717) is 18.9 Å². The minimum atomic E-state index is -0.834. The van der Waals surface area contributed by atoms with Crippen molar-refractivity contribution >= 4 is 5.97 Å². The lowest BCUT2D eigenvalue weighted by Gasteiger charge is -2.39. The van der Waals surface area contributed by atoms with Crippen molar-refractivity contribution in [3.63, 3.8) is 0 Å². The van der Waals surface area contributed by atoms with Crippen molar-refractivity contribution in [3.8, 4) is 0 Å². The highest BCUT2D eigenvalue weighted by Gasteiger charge is 2.45. The second-order valence-electron chi connectivity index (χ2n) is 5.66. The van der Waals surface area contributed by atoms with Crippen LogP contribution in [0.25, 0.3) is 0 Å². The second-order valence-corrected chi connectivity index (χ2v) is 5.66. The Kier molecular flexibility index (Phi) is 3.05. The number of carbonyl (C=O) groups is 1. The Morgan fingerprint density at radius 3 is 2.26 bits per heavy atom. The summed E-state index contributed by atoms with van der Waals surface area (Å²) >= 11 is 0. The lowest BCUT2D eigenvalue weighted by molar-refractivity contribution is -0.146. The average molecular weight is 263 g/mol. The first kappa shape index (κ1) is 12.6. The van der Waals surface area contributed by atoms with E-state index >= 15 is 0 Å².